The van der Waals surface area contributed by atoms with Crippen molar-refractivity contribution < 1.29 is 29.3 Å². The zero-order valence-electron chi connectivity index (χ0n) is 9.91. The van der Waals surface area contributed by atoms with Gasteiger partial charge in [-0.3, -0.25) is 4.79 Å². The number of amides is 1. The van der Waals surface area contributed by atoms with E-state index in [9.17, 15) is 9.59 Å². The first kappa shape index (κ1) is 13.2. The van der Waals surface area contributed by atoms with E-state index in [0.717, 1.165) is 0 Å². The topological polar surface area (TPSA) is 105 Å². The van der Waals surface area contributed by atoms with E-state index in [1.165, 1.54) is 0 Å². The van der Waals surface area contributed by atoms with Crippen LogP contribution in [0, 0.1) is 0 Å². The number of hydrogen-bond acceptors (Lipinski definition) is 5. The summed E-state index contributed by atoms with van der Waals surface area (Å²) >= 11 is 0. The molecule has 2 atom stereocenters. The van der Waals surface area contributed by atoms with Gasteiger partial charge in [-0.1, -0.05) is 12.1 Å². The number of rotatable bonds is 4. The van der Waals surface area contributed by atoms with Crippen LogP contribution < -0.4 is 14.8 Å². The lowest BCUT2D eigenvalue weighted by molar-refractivity contribution is -0.146. The maximum atomic E-state index is 11.7. The van der Waals surface area contributed by atoms with Crippen molar-refractivity contribution in [3.8, 4) is 11.5 Å². The van der Waals surface area contributed by atoms with Gasteiger partial charge in [-0.25, -0.2) is 4.79 Å². The smallest absolute Gasteiger partial charge is 0.334 e. The van der Waals surface area contributed by atoms with Crippen molar-refractivity contribution >= 4 is 11.9 Å². The molecule has 0 spiro atoms. The number of nitrogens with one attached hydrogen (secondary N) is 1. The molecule has 3 N–H and O–H groups in total. The van der Waals surface area contributed by atoms with Crippen molar-refractivity contribution in [2.75, 3.05) is 13.2 Å². The number of hydrogen-bond donors (Lipinski definition) is 3. The summed E-state index contributed by atoms with van der Waals surface area (Å²) in [6.07, 6.45) is -2.50. The molecule has 0 bridgehead atoms. The number of carboxylic acids is 1. The molecule has 0 aromatic heterocycles. The molecule has 1 aromatic rings. The van der Waals surface area contributed by atoms with E-state index < -0.39 is 24.1 Å². The van der Waals surface area contributed by atoms with E-state index in [0.29, 0.717) is 11.5 Å². The van der Waals surface area contributed by atoms with E-state index in [1.807, 2.05) is 0 Å². The Morgan fingerprint density at radius 1 is 1.37 bits per heavy atom. The highest BCUT2D eigenvalue weighted by Gasteiger charge is 2.27. The minimum Gasteiger partial charge on any atom is -0.485 e. The Hall–Kier alpha value is -2.28. The number of para-hydroxylation sites is 2. The van der Waals surface area contributed by atoms with Crippen molar-refractivity contribution in [1.82, 2.24) is 5.32 Å². The van der Waals surface area contributed by atoms with Crippen LogP contribution in [0.5, 0.6) is 11.5 Å². The molecule has 0 fully saturated rings. The third-order valence-electron chi connectivity index (χ3n) is 2.56. The van der Waals surface area contributed by atoms with Crippen molar-refractivity contribution in [2.24, 2.45) is 0 Å². The van der Waals surface area contributed by atoms with Crippen LogP contribution in [-0.4, -0.2) is 47.4 Å². The van der Waals surface area contributed by atoms with E-state index >= 15 is 0 Å². The second kappa shape index (κ2) is 5.57. The van der Waals surface area contributed by atoms with Crippen LogP contribution in [0.15, 0.2) is 24.3 Å². The zero-order chi connectivity index (χ0) is 13.8. The molecule has 1 amide bonds. The third kappa shape index (κ3) is 3.14. The fraction of sp³-hybridized carbons (Fsp3) is 0.333. The second-order valence-corrected chi connectivity index (χ2v) is 3.96. The molecule has 0 aliphatic carbocycles. The number of carbonyl (C=O) groups is 2. The van der Waals surface area contributed by atoms with Gasteiger partial charge in [0.15, 0.2) is 17.6 Å². The van der Waals surface area contributed by atoms with Gasteiger partial charge in [-0.05, 0) is 12.1 Å². The molecule has 2 rings (SSSR count). The van der Waals surface area contributed by atoms with Gasteiger partial charge in [0, 0.05) is 0 Å². The minimum absolute atomic E-state index is 0.0337. The molecule has 7 nitrogen and oxygen atoms in total. The normalized spacial score (nSPS) is 18.5. The average Bonchev–Trinajstić information content (AvgIpc) is 2.43. The number of ether oxygens (including phenoxy) is 2. The van der Waals surface area contributed by atoms with Crippen LogP contribution in [0.4, 0.5) is 0 Å². The van der Waals surface area contributed by atoms with Gasteiger partial charge in [0.05, 0.1) is 6.54 Å². The second-order valence-electron chi connectivity index (χ2n) is 3.96. The highest BCUT2D eigenvalue weighted by atomic mass is 16.6. The Morgan fingerprint density at radius 2 is 2.05 bits per heavy atom. The highest BCUT2D eigenvalue weighted by Crippen LogP contribution is 2.30. The first-order chi connectivity index (χ1) is 9.08. The summed E-state index contributed by atoms with van der Waals surface area (Å²) in [6, 6.07) is 6.92. The van der Waals surface area contributed by atoms with E-state index in [4.69, 9.17) is 19.7 Å². The van der Waals surface area contributed by atoms with Crippen LogP contribution in [-0.2, 0) is 9.59 Å². The number of aliphatic hydroxyl groups excluding tert-OH is 1. The van der Waals surface area contributed by atoms with Crippen molar-refractivity contribution in [3.05, 3.63) is 24.3 Å². The Morgan fingerprint density at radius 3 is 2.74 bits per heavy atom. The molecule has 1 aliphatic rings. The van der Waals surface area contributed by atoms with Gasteiger partial charge in [0.1, 0.15) is 6.61 Å². The van der Waals surface area contributed by atoms with Gasteiger partial charge in [-0.15, -0.1) is 0 Å². The van der Waals surface area contributed by atoms with Gasteiger partial charge in [0.2, 0.25) is 6.10 Å². The van der Waals surface area contributed by atoms with Gasteiger partial charge < -0.3 is 25.0 Å². The zero-order valence-corrected chi connectivity index (χ0v) is 9.91. The van der Waals surface area contributed by atoms with Crippen LogP contribution in [0.3, 0.4) is 0 Å². The number of aliphatic carboxylic acids is 1. The summed E-state index contributed by atoms with van der Waals surface area (Å²) in [6.45, 7) is -0.346. The van der Waals surface area contributed by atoms with Crippen LogP contribution >= 0.6 is 0 Å². The van der Waals surface area contributed by atoms with Gasteiger partial charge >= 0.3 is 5.97 Å². The predicted molar refractivity (Wildman–Crippen MR) is 63.0 cm³/mol. The largest absolute Gasteiger partial charge is 0.485 e. The Bertz CT molecular complexity index is 489. The lowest BCUT2D eigenvalue weighted by atomic mass is 10.2. The lowest BCUT2D eigenvalue weighted by Gasteiger charge is -2.25. The van der Waals surface area contributed by atoms with Crippen LogP contribution in [0.25, 0.3) is 0 Å². The molecule has 102 valence electrons. The molecule has 1 heterocycles. The van der Waals surface area contributed by atoms with Gasteiger partial charge in [-0.2, -0.15) is 0 Å². The number of benzene rings is 1. The summed E-state index contributed by atoms with van der Waals surface area (Å²) in [7, 11) is 0. The monoisotopic (exact) mass is 267 g/mol. The molecule has 2 unspecified atom stereocenters. The number of aliphatic hydroxyl groups is 1. The fourth-order valence-electron chi connectivity index (χ4n) is 1.55. The Balaban J connectivity index is 1.90. The first-order valence-electron chi connectivity index (χ1n) is 5.65. The number of fused-ring (bicyclic) bond motifs is 1. The molecule has 19 heavy (non-hydrogen) atoms. The maximum Gasteiger partial charge on any atom is 0.334 e. The summed E-state index contributed by atoms with van der Waals surface area (Å²) in [5.74, 6) is -0.925. The standard InChI is InChI=1S/C12H13NO6/c14-7(12(16)17)5-13-11(15)10-6-18-8-3-1-2-4-9(8)19-10/h1-4,7,10,14H,5-6H2,(H,13,15)(H,16,17). The minimum atomic E-state index is -1.64. The molecule has 0 saturated heterocycles. The summed E-state index contributed by atoms with van der Waals surface area (Å²) < 4.78 is 10.8. The lowest BCUT2D eigenvalue weighted by Crippen LogP contribution is -2.47. The summed E-state index contributed by atoms with van der Waals surface area (Å²) in [5.41, 5.74) is 0. The molecule has 0 saturated carbocycles. The summed E-state index contributed by atoms with van der Waals surface area (Å²) in [4.78, 5) is 22.1. The van der Waals surface area contributed by atoms with E-state index in [-0.39, 0.29) is 13.2 Å². The van der Waals surface area contributed by atoms with Crippen molar-refractivity contribution in [1.29, 1.82) is 0 Å². The number of carboxylic acid groups (broad SMARTS) is 1. The maximum absolute atomic E-state index is 11.7. The fourth-order valence-corrected chi connectivity index (χ4v) is 1.55. The van der Waals surface area contributed by atoms with E-state index in [2.05, 4.69) is 5.32 Å². The first-order valence-corrected chi connectivity index (χ1v) is 5.65. The van der Waals surface area contributed by atoms with E-state index in [1.54, 1.807) is 24.3 Å². The van der Waals surface area contributed by atoms with Gasteiger partial charge in [0.25, 0.3) is 5.91 Å². The summed E-state index contributed by atoms with van der Waals surface area (Å²) in [5, 5.41) is 19.8. The Kier molecular flexibility index (Phi) is 3.86. The predicted octanol–water partition coefficient (Wildman–Crippen LogP) is -0.612. The average molecular weight is 267 g/mol. The highest BCUT2D eigenvalue weighted by molar-refractivity contribution is 5.82. The molecule has 1 aliphatic heterocycles. The Labute approximate surface area is 108 Å². The SMILES string of the molecule is O=C(O)C(O)CNC(=O)C1COc2ccccc2O1. The van der Waals surface area contributed by atoms with Crippen molar-refractivity contribution in [3.63, 3.8) is 0 Å². The molecular formula is C12H13NO6. The van der Waals surface area contributed by atoms with Crippen molar-refractivity contribution in [2.45, 2.75) is 12.2 Å². The molecule has 0 radical (unpaired) electrons. The quantitative estimate of drug-likeness (QED) is 0.672. The number of carbonyl (C=O) groups excluding carboxylic acids is 1. The molecular weight excluding hydrogens is 254 g/mol. The third-order valence-corrected chi connectivity index (χ3v) is 2.56. The molecule has 1 aromatic carbocycles. The van der Waals surface area contributed by atoms with Crippen LogP contribution in [0.1, 0.15) is 0 Å². The van der Waals surface area contributed by atoms with Crippen LogP contribution in [0.2, 0.25) is 0 Å². The molecule has 7 heteroatoms.